The van der Waals surface area contributed by atoms with E-state index in [4.69, 9.17) is 10.6 Å². The van der Waals surface area contributed by atoms with E-state index < -0.39 is 0 Å². The van der Waals surface area contributed by atoms with Gasteiger partial charge in [-0.1, -0.05) is 12.1 Å². The van der Waals surface area contributed by atoms with Crippen molar-refractivity contribution in [1.29, 1.82) is 0 Å². The maximum Gasteiger partial charge on any atom is 0.206 e. The van der Waals surface area contributed by atoms with Gasteiger partial charge in [0, 0.05) is 6.54 Å². The molecule has 0 aliphatic heterocycles. The van der Waals surface area contributed by atoms with Crippen molar-refractivity contribution in [2.75, 3.05) is 13.7 Å². The molecule has 0 radical (unpaired) electrons. The molecule has 0 saturated carbocycles. The summed E-state index contributed by atoms with van der Waals surface area (Å²) in [6.45, 7) is 3.35. The molecule has 0 aliphatic carbocycles. The number of guanidine groups is 1. The van der Waals surface area contributed by atoms with Gasteiger partial charge in [0.1, 0.15) is 5.75 Å². The summed E-state index contributed by atoms with van der Waals surface area (Å²) in [4.78, 5) is 4.29. The van der Waals surface area contributed by atoms with Crippen molar-refractivity contribution in [2.24, 2.45) is 10.8 Å². The van der Waals surface area contributed by atoms with Gasteiger partial charge >= 0.3 is 0 Å². The normalized spacial score (nSPS) is 11.1. The van der Waals surface area contributed by atoms with Crippen LogP contribution in [0.15, 0.2) is 29.3 Å². The van der Waals surface area contributed by atoms with Gasteiger partial charge in [-0.3, -0.25) is 5.43 Å². The molecule has 1 aromatic rings. The number of methoxy groups -OCH3 is 1. The minimum absolute atomic E-state index is 0.580. The van der Waals surface area contributed by atoms with Gasteiger partial charge in [0.15, 0.2) is 0 Å². The molecule has 0 saturated heterocycles. The Morgan fingerprint density at radius 3 is 2.56 bits per heavy atom. The molecule has 88 valence electrons. The maximum absolute atomic E-state index is 5.31. The van der Waals surface area contributed by atoms with Crippen LogP contribution in [-0.4, -0.2) is 19.6 Å². The Morgan fingerprint density at radius 2 is 2.06 bits per heavy atom. The van der Waals surface area contributed by atoms with Gasteiger partial charge in [-0.25, -0.2) is 10.8 Å². The number of nitrogens with one attached hydrogen (secondary N) is 2. The van der Waals surface area contributed by atoms with Crippen molar-refractivity contribution in [3.8, 4) is 5.75 Å². The van der Waals surface area contributed by atoms with Gasteiger partial charge in [-0.15, -0.1) is 0 Å². The molecule has 0 aromatic heterocycles. The summed E-state index contributed by atoms with van der Waals surface area (Å²) in [5.74, 6) is 6.75. The summed E-state index contributed by atoms with van der Waals surface area (Å²) in [5, 5.41) is 3.01. The van der Waals surface area contributed by atoms with Crippen molar-refractivity contribution in [1.82, 2.24) is 10.7 Å². The van der Waals surface area contributed by atoms with E-state index in [-0.39, 0.29) is 0 Å². The molecule has 0 heterocycles. The molecule has 0 aliphatic rings. The first-order valence-electron chi connectivity index (χ1n) is 5.18. The molecule has 0 spiro atoms. The van der Waals surface area contributed by atoms with Crippen LogP contribution in [0.2, 0.25) is 0 Å². The third-order valence-electron chi connectivity index (χ3n) is 2.06. The number of rotatable bonds is 4. The molecule has 5 nitrogen and oxygen atoms in total. The third kappa shape index (κ3) is 3.78. The van der Waals surface area contributed by atoms with Crippen LogP contribution in [0.25, 0.3) is 0 Å². The summed E-state index contributed by atoms with van der Waals surface area (Å²) >= 11 is 0. The van der Waals surface area contributed by atoms with Crippen LogP contribution in [-0.2, 0) is 6.54 Å². The van der Waals surface area contributed by atoms with Crippen molar-refractivity contribution in [2.45, 2.75) is 13.5 Å². The Kier molecular flexibility index (Phi) is 5.15. The van der Waals surface area contributed by atoms with Crippen LogP contribution in [0, 0.1) is 0 Å². The molecular weight excluding hydrogens is 204 g/mol. The zero-order valence-electron chi connectivity index (χ0n) is 9.66. The van der Waals surface area contributed by atoms with Gasteiger partial charge in [-0.05, 0) is 24.6 Å². The Hall–Kier alpha value is -1.75. The first-order chi connectivity index (χ1) is 7.80. The molecule has 0 unspecified atom stereocenters. The van der Waals surface area contributed by atoms with Crippen molar-refractivity contribution < 1.29 is 4.74 Å². The smallest absolute Gasteiger partial charge is 0.206 e. The average molecular weight is 222 g/mol. The van der Waals surface area contributed by atoms with Crippen molar-refractivity contribution in [3.63, 3.8) is 0 Å². The van der Waals surface area contributed by atoms with E-state index in [0.717, 1.165) is 17.9 Å². The molecule has 1 aromatic carbocycles. The molecule has 0 atom stereocenters. The lowest BCUT2D eigenvalue weighted by molar-refractivity contribution is 0.414. The lowest BCUT2D eigenvalue weighted by Gasteiger charge is -2.06. The minimum Gasteiger partial charge on any atom is -0.497 e. The van der Waals surface area contributed by atoms with Crippen LogP contribution in [0.3, 0.4) is 0 Å². The highest BCUT2D eigenvalue weighted by Crippen LogP contribution is 2.11. The zero-order chi connectivity index (χ0) is 11.8. The molecule has 0 amide bonds. The summed E-state index contributed by atoms with van der Waals surface area (Å²) in [7, 11) is 1.65. The summed E-state index contributed by atoms with van der Waals surface area (Å²) in [6, 6.07) is 7.77. The third-order valence-corrected chi connectivity index (χ3v) is 2.06. The lowest BCUT2D eigenvalue weighted by Crippen LogP contribution is -2.41. The molecule has 0 fully saturated rings. The van der Waals surface area contributed by atoms with Gasteiger partial charge in [0.05, 0.1) is 13.7 Å². The van der Waals surface area contributed by atoms with Crippen LogP contribution in [0.5, 0.6) is 5.75 Å². The predicted octanol–water partition coefficient (Wildman–Crippen LogP) is 0.624. The van der Waals surface area contributed by atoms with Crippen LogP contribution in [0.4, 0.5) is 0 Å². The fourth-order valence-corrected chi connectivity index (χ4v) is 1.22. The van der Waals surface area contributed by atoms with Crippen LogP contribution >= 0.6 is 0 Å². The number of ether oxygens (including phenoxy) is 1. The van der Waals surface area contributed by atoms with E-state index in [1.165, 1.54) is 0 Å². The number of hydrogen-bond donors (Lipinski definition) is 3. The average Bonchev–Trinajstić information content (AvgIpc) is 2.35. The summed E-state index contributed by atoms with van der Waals surface area (Å²) in [6.07, 6.45) is 0. The lowest BCUT2D eigenvalue weighted by atomic mass is 10.2. The van der Waals surface area contributed by atoms with Crippen molar-refractivity contribution in [3.05, 3.63) is 29.8 Å². The van der Waals surface area contributed by atoms with E-state index in [1.54, 1.807) is 7.11 Å². The Balaban J connectivity index is 2.58. The van der Waals surface area contributed by atoms with Gasteiger partial charge < -0.3 is 10.1 Å². The van der Waals surface area contributed by atoms with Crippen LogP contribution in [0.1, 0.15) is 12.5 Å². The maximum atomic E-state index is 5.31. The van der Waals surface area contributed by atoms with Crippen LogP contribution < -0.4 is 21.3 Å². The number of nitrogens with zero attached hydrogens (tertiary/aromatic N) is 1. The number of hydrogen-bond acceptors (Lipinski definition) is 3. The first-order valence-corrected chi connectivity index (χ1v) is 5.18. The molecule has 1 rings (SSSR count). The number of hydrazine groups is 1. The Bertz CT molecular complexity index is 334. The fraction of sp³-hybridized carbons (Fsp3) is 0.364. The fourth-order valence-electron chi connectivity index (χ4n) is 1.22. The predicted molar refractivity (Wildman–Crippen MR) is 65.1 cm³/mol. The Labute approximate surface area is 95.7 Å². The Morgan fingerprint density at radius 1 is 1.38 bits per heavy atom. The second-order valence-corrected chi connectivity index (χ2v) is 3.19. The zero-order valence-corrected chi connectivity index (χ0v) is 9.66. The van der Waals surface area contributed by atoms with E-state index in [2.05, 4.69) is 15.7 Å². The summed E-state index contributed by atoms with van der Waals surface area (Å²) in [5.41, 5.74) is 3.61. The SMILES string of the molecule is CCNC(=NCc1ccc(OC)cc1)NN. The quantitative estimate of drug-likeness (QED) is 0.302. The molecule has 0 bridgehead atoms. The largest absolute Gasteiger partial charge is 0.497 e. The highest BCUT2D eigenvalue weighted by atomic mass is 16.5. The van der Waals surface area contributed by atoms with Gasteiger partial charge in [-0.2, -0.15) is 0 Å². The standard InChI is InChI=1S/C11H18N4O/c1-3-13-11(15-12)14-8-9-4-6-10(16-2)7-5-9/h4-7H,3,8,12H2,1-2H3,(H2,13,14,15). The second kappa shape index (κ2) is 6.68. The van der Waals surface area contributed by atoms with E-state index >= 15 is 0 Å². The molecule has 16 heavy (non-hydrogen) atoms. The first kappa shape index (κ1) is 12.3. The highest BCUT2D eigenvalue weighted by molar-refractivity contribution is 5.79. The second-order valence-electron chi connectivity index (χ2n) is 3.19. The van der Waals surface area contributed by atoms with E-state index in [0.29, 0.717) is 12.5 Å². The summed E-state index contributed by atoms with van der Waals surface area (Å²) < 4.78 is 5.07. The number of benzene rings is 1. The molecule has 4 N–H and O–H groups in total. The highest BCUT2D eigenvalue weighted by Gasteiger charge is 1.95. The van der Waals surface area contributed by atoms with Gasteiger partial charge in [0.25, 0.3) is 0 Å². The number of aliphatic imine (C=N–C) groups is 1. The minimum atomic E-state index is 0.580. The van der Waals surface area contributed by atoms with Gasteiger partial charge in [0.2, 0.25) is 5.96 Å². The monoisotopic (exact) mass is 222 g/mol. The van der Waals surface area contributed by atoms with Crippen molar-refractivity contribution >= 4 is 5.96 Å². The topological polar surface area (TPSA) is 71.7 Å². The van der Waals surface area contributed by atoms with E-state index in [1.807, 2.05) is 31.2 Å². The molecule has 5 heteroatoms. The van der Waals surface area contributed by atoms with E-state index in [9.17, 15) is 0 Å². The number of nitrogens with two attached hydrogens (primary N) is 1. The molecular formula is C11H18N4O.